The SMILES string of the molecule is CC(C)C[C@H](CC(=O)CNC(=O)c1cc(Cl)ccc1Cl)B1OC(=O)CC(C)(CC(=O)O)O1.CC(C)C[C@H](CC(=O)[C@@H](NC(=O)c1cccc(-c2ccccc2)n1)[C@@H](C)O)B1OC(=O)CC(C)(CC(=O)O)O1.CC(C)C[C@H](CC(=O)[C@H](Cc1ccccc1)NC(=O)c1cnccn1)B1OC(=O)CC(C)(CC(=O)O)O1. The lowest BCUT2D eigenvalue weighted by atomic mass is 9.63. The van der Waals surface area contributed by atoms with E-state index in [0.29, 0.717) is 30.0 Å². The van der Waals surface area contributed by atoms with Crippen molar-refractivity contribution in [2.24, 2.45) is 17.8 Å². The summed E-state index contributed by atoms with van der Waals surface area (Å²) in [6, 6.07) is 25.9. The number of halogens is 2. The molecule has 3 amide bonds. The number of aliphatic hydroxyl groups excluding tert-OH is 1. The van der Waals surface area contributed by atoms with Crippen LogP contribution in [0.1, 0.15) is 183 Å². The van der Waals surface area contributed by atoms with Crippen molar-refractivity contribution in [2.75, 3.05) is 6.54 Å². The normalized spacial score (nSPS) is 19.4. The molecule has 3 aliphatic rings. The molecule has 3 aromatic carbocycles. The average Bonchev–Trinajstić information content (AvgIpc) is 0.813. The second-order valence-corrected chi connectivity index (χ2v) is 30.2. The Kier molecular flexibility index (Phi) is 33.1. The van der Waals surface area contributed by atoms with E-state index in [9.17, 15) is 72.9 Å². The van der Waals surface area contributed by atoms with Crippen LogP contribution in [0.4, 0.5) is 0 Å². The quantitative estimate of drug-likeness (QED) is 0.0188. The monoisotopic (exact) mass is 1530 g/mol. The summed E-state index contributed by atoms with van der Waals surface area (Å²) in [5, 5.41) is 46.5. The highest BCUT2D eigenvalue weighted by Crippen LogP contribution is 2.39. The summed E-state index contributed by atoms with van der Waals surface area (Å²) in [5.41, 5.74) is -1.16. The fourth-order valence-electron chi connectivity index (χ4n) is 12.9. The Morgan fingerprint density at radius 1 is 0.546 bits per heavy atom. The summed E-state index contributed by atoms with van der Waals surface area (Å²) in [7, 11) is -3.27. The van der Waals surface area contributed by atoms with Gasteiger partial charge in [0.25, 0.3) is 35.6 Å². The molecule has 3 fully saturated rings. The Labute approximate surface area is 638 Å². The molecule has 2 aromatic heterocycles. The van der Waals surface area contributed by atoms with Crippen molar-refractivity contribution in [3.8, 4) is 11.3 Å². The third kappa shape index (κ3) is 28.7. The van der Waals surface area contributed by atoms with Gasteiger partial charge in [-0.2, -0.15) is 0 Å². The first-order chi connectivity index (χ1) is 50.8. The molecule has 33 heteroatoms. The molecule has 0 bridgehead atoms. The Hall–Kier alpha value is -9.26. The predicted octanol–water partition coefficient (Wildman–Crippen LogP) is 9.95. The van der Waals surface area contributed by atoms with Crippen molar-refractivity contribution in [2.45, 2.75) is 205 Å². The molecule has 5 aromatic rings. The fourth-order valence-corrected chi connectivity index (χ4v) is 13.2. The molecule has 28 nitrogen and oxygen atoms in total. The molecule has 108 heavy (non-hydrogen) atoms. The third-order valence-corrected chi connectivity index (χ3v) is 18.1. The molecule has 578 valence electrons. The summed E-state index contributed by atoms with van der Waals surface area (Å²) in [6.45, 7) is 17.4. The van der Waals surface area contributed by atoms with Crippen molar-refractivity contribution in [1.29, 1.82) is 0 Å². The number of hydrogen-bond acceptors (Lipinski definition) is 22. The third-order valence-electron chi connectivity index (χ3n) is 17.5. The van der Waals surface area contributed by atoms with E-state index in [1.165, 1.54) is 57.6 Å². The maximum atomic E-state index is 13.6. The molecule has 3 unspecified atom stereocenters. The number of aliphatic hydroxyl groups is 1. The number of hydrogen-bond donors (Lipinski definition) is 7. The number of ketones is 3. The van der Waals surface area contributed by atoms with Crippen LogP contribution in [0, 0.1) is 17.8 Å². The van der Waals surface area contributed by atoms with Gasteiger partial charge in [0, 0.05) is 59.7 Å². The summed E-state index contributed by atoms with van der Waals surface area (Å²) < 4.78 is 34.0. The van der Waals surface area contributed by atoms with Crippen LogP contribution in [0.2, 0.25) is 27.5 Å². The van der Waals surface area contributed by atoms with Crippen LogP contribution in [0.3, 0.4) is 0 Å². The highest BCUT2D eigenvalue weighted by atomic mass is 35.5. The van der Waals surface area contributed by atoms with E-state index in [2.05, 4.69) is 30.9 Å². The summed E-state index contributed by atoms with van der Waals surface area (Å²) in [4.78, 5) is 161. The molecule has 0 saturated carbocycles. The molecular weight excluding hydrogens is 1440 g/mol. The highest BCUT2D eigenvalue weighted by molar-refractivity contribution is 6.51. The number of nitrogens with zero attached hydrogens (tertiary/aromatic N) is 3. The van der Waals surface area contributed by atoms with Crippen molar-refractivity contribution in [3.63, 3.8) is 0 Å². The zero-order valence-corrected chi connectivity index (χ0v) is 63.5. The molecule has 0 spiro atoms. The number of benzene rings is 3. The van der Waals surface area contributed by atoms with Crippen LogP contribution in [0.15, 0.2) is 116 Å². The van der Waals surface area contributed by atoms with E-state index in [0.717, 1.165) is 11.1 Å². The van der Waals surface area contributed by atoms with Gasteiger partial charge in [0.05, 0.1) is 96.5 Å². The first kappa shape index (κ1) is 87.7. The van der Waals surface area contributed by atoms with Gasteiger partial charge in [0.15, 0.2) is 17.3 Å². The van der Waals surface area contributed by atoms with Gasteiger partial charge >= 0.3 is 39.3 Å². The first-order valence-electron chi connectivity index (χ1n) is 35.5. The number of carbonyl (C=O) groups is 12. The number of aromatic nitrogens is 3. The number of amides is 3. The van der Waals surface area contributed by atoms with Crippen molar-refractivity contribution in [3.05, 3.63) is 148 Å². The van der Waals surface area contributed by atoms with Gasteiger partial charge in [0.1, 0.15) is 17.4 Å². The van der Waals surface area contributed by atoms with E-state index < -0.39 is 140 Å². The molecule has 0 radical (unpaired) electrons. The largest absolute Gasteiger partial charge is 0.531 e. The second kappa shape index (κ2) is 40.8. The van der Waals surface area contributed by atoms with Crippen molar-refractivity contribution in [1.82, 2.24) is 30.9 Å². The number of rotatable bonds is 34. The predicted molar refractivity (Wildman–Crippen MR) is 398 cm³/mol. The van der Waals surface area contributed by atoms with E-state index in [1.807, 2.05) is 102 Å². The van der Waals surface area contributed by atoms with Gasteiger partial charge in [-0.25, -0.2) is 9.97 Å². The van der Waals surface area contributed by atoms with Crippen LogP contribution < -0.4 is 16.0 Å². The van der Waals surface area contributed by atoms with E-state index in [-0.39, 0.29) is 116 Å². The number of pyridine rings is 1. The maximum absolute atomic E-state index is 13.6. The molecule has 7 N–H and O–H groups in total. The van der Waals surface area contributed by atoms with Crippen LogP contribution in [-0.2, 0) is 77.5 Å². The molecular formula is C75H93B3Cl2N6O22. The molecule has 5 heterocycles. The van der Waals surface area contributed by atoms with E-state index in [1.54, 1.807) is 25.1 Å². The van der Waals surface area contributed by atoms with Crippen LogP contribution >= 0.6 is 23.2 Å². The van der Waals surface area contributed by atoms with Gasteiger partial charge in [-0.3, -0.25) is 62.5 Å². The molecule has 9 atom stereocenters. The van der Waals surface area contributed by atoms with E-state index in [4.69, 9.17) is 56.2 Å². The lowest BCUT2D eigenvalue weighted by Crippen LogP contribution is -2.52. The van der Waals surface area contributed by atoms with Gasteiger partial charge < -0.3 is 64.3 Å². The topological polar surface area (TPSA) is 416 Å². The molecule has 3 aliphatic heterocycles. The van der Waals surface area contributed by atoms with Crippen LogP contribution in [0.5, 0.6) is 0 Å². The Bertz CT molecular complexity index is 3970. The van der Waals surface area contributed by atoms with Crippen molar-refractivity contribution < 1.29 is 106 Å². The summed E-state index contributed by atoms with van der Waals surface area (Å²) in [5.74, 6) is -9.08. The maximum Gasteiger partial charge on any atom is 0.531 e. The Morgan fingerprint density at radius 2 is 1.01 bits per heavy atom. The number of aliphatic carboxylic acids is 3. The number of carboxylic acids is 3. The number of Topliss-reactive ketones (excluding diaryl/α,β-unsaturated/α-hetero) is 3. The van der Waals surface area contributed by atoms with Crippen molar-refractivity contribution >= 4 is 115 Å². The lowest BCUT2D eigenvalue weighted by Gasteiger charge is -2.38. The smallest absolute Gasteiger partial charge is 0.509 e. The number of nitrogens with one attached hydrogen (secondary N) is 3. The summed E-state index contributed by atoms with van der Waals surface area (Å²) >= 11 is 11.9. The molecule has 8 rings (SSSR count). The Balaban J connectivity index is 0.000000255. The molecule has 3 saturated heterocycles. The molecule has 0 aliphatic carbocycles. The van der Waals surface area contributed by atoms with Gasteiger partial charge in [-0.05, 0) is 107 Å². The minimum Gasteiger partial charge on any atom is -0.509 e. The average molecular weight is 1530 g/mol. The van der Waals surface area contributed by atoms with Gasteiger partial charge in [-0.15, -0.1) is 0 Å². The summed E-state index contributed by atoms with van der Waals surface area (Å²) in [6.07, 6.45) is 2.63. The number of carboxylic acid groups (broad SMARTS) is 3. The van der Waals surface area contributed by atoms with Crippen LogP contribution in [-0.4, -0.2) is 169 Å². The second-order valence-electron chi connectivity index (χ2n) is 29.4. The minimum absolute atomic E-state index is 0.0250. The zero-order valence-electron chi connectivity index (χ0n) is 62.0. The van der Waals surface area contributed by atoms with E-state index >= 15 is 0 Å². The number of carbonyl (C=O) groups excluding carboxylic acids is 9. The standard InChI is InChI=1S/C28H35BN2O8.C26H32BN3O7.C21H26BCl2NO7/c1-17(2)13-20(29-38-25(36)16-28(4,39-29)15-24(34)35)14-23(33)26(18(3)32)31-27(37)22-12-8-11-21(30-22)19-9-6-5-7-10-19;1-17(2)11-19(27-36-24(34)15-26(3,37-27)14-23(32)33)13-22(31)20(12-18-7-5-4-6-8-18)30-25(35)21-16-28-9-10-29-21;1-12(2)6-13(22-31-19(29)10-21(3,32-22)9-18(27)28)7-15(26)11-25-20(30)16-8-14(23)4-5-17(16)24/h5-12,17-18,20,26,32H,13-16H2,1-4H3,(H,31,37)(H,34,35);4-10,16-17,19-20H,11-15H2,1-3H3,(H,30,35)(H,32,33);4-5,8,12-13H,6-7,9-11H2,1-3H3,(H,25,30)(H,27,28)/t18-,20-,26+,28?;19-,20+,26?;13-,21?/m111/s1. The Morgan fingerprint density at radius 3 is 1.46 bits per heavy atom. The highest BCUT2D eigenvalue weighted by Gasteiger charge is 2.51. The first-order valence-corrected chi connectivity index (χ1v) is 36.2. The zero-order chi connectivity index (χ0) is 79.8. The van der Waals surface area contributed by atoms with Gasteiger partial charge in [0.2, 0.25) is 0 Å². The fraction of sp³-hybridized carbons (Fsp3) is 0.480. The van der Waals surface area contributed by atoms with Gasteiger partial charge in [-0.1, -0.05) is 131 Å². The minimum atomic E-state index is -1.28. The van der Waals surface area contributed by atoms with Crippen LogP contribution in [0.25, 0.3) is 11.3 Å². The lowest BCUT2D eigenvalue weighted by molar-refractivity contribution is -0.155.